The molecule has 0 radical (unpaired) electrons. The largest absolute Gasteiger partial charge is 0.454 e. The van der Waals surface area contributed by atoms with Crippen molar-refractivity contribution in [1.29, 1.82) is 0 Å². The minimum absolute atomic E-state index is 0.0178. The molecule has 0 spiro atoms. The highest BCUT2D eigenvalue weighted by molar-refractivity contribution is 5.39. The van der Waals surface area contributed by atoms with Gasteiger partial charge in [0.1, 0.15) is 5.75 Å². The van der Waals surface area contributed by atoms with Gasteiger partial charge in [0.15, 0.2) is 23.2 Å². The van der Waals surface area contributed by atoms with Gasteiger partial charge in [-0.15, -0.1) is 0 Å². The van der Waals surface area contributed by atoms with Crippen LogP contribution in [0, 0.1) is 17.5 Å². The van der Waals surface area contributed by atoms with Gasteiger partial charge in [-0.25, -0.2) is 13.2 Å². The maximum absolute atomic E-state index is 13.8. The molecule has 2 rings (SSSR count). The third-order valence-electron chi connectivity index (χ3n) is 2.70. The van der Waals surface area contributed by atoms with E-state index in [1.54, 1.807) is 19.1 Å². The van der Waals surface area contributed by atoms with Gasteiger partial charge in [-0.3, -0.25) is 0 Å². The lowest BCUT2D eigenvalue weighted by Crippen LogP contribution is -2.18. The maximum atomic E-state index is 13.8. The normalized spacial score (nSPS) is 12.2. The molecule has 106 valence electrons. The molecule has 0 aliphatic carbocycles. The maximum Gasteiger partial charge on any atom is 0.166 e. The monoisotopic (exact) mass is 281 g/mol. The van der Waals surface area contributed by atoms with E-state index in [0.29, 0.717) is 12.0 Å². The minimum atomic E-state index is -1.05. The molecule has 0 amide bonds. The number of halogens is 3. The molecule has 2 nitrogen and oxygen atoms in total. The number of nitrogens with two attached hydrogens (primary N) is 1. The van der Waals surface area contributed by atoms with Crippen molar-refractivity contribution in [2.45, 2.75) is 19.4 Å². The molecular formula is C15H14F3NO. The molecule has 0 heterocycles. The van der Waals surface area contributed by atoms with Gasteiger partial charge in [-0.2, -0.15) is 0 Å². The predicted octanol–water partition coefficient (Wildman–Crippen LogP) is 3.79. The molecule has 0 aliphatic rings. The highest BCUT2D eigenvalue weighted by Crippen LogP contribution is 2.30. The Morgan fingerprint density at radius 1 is 1.05 bits per heavy atom. The fraction of sp³-hybridized carbons (Fsp3) is 0.200. The van der Waals surface area contributed by atoms with E-state index in [2.05, 4.69) is 0 Å². The summed E-state index contributed by atoms with van der Waals surface area (Å²) in [5.74, 6) is -2.60. The number of rotatable bonds is 4. The molecule has 1 atom stereocenters. The fourth-order valence-corrected chi connectivity index (χ4v) is 1.83. The van der Waals surface area contributed by atoms with Crippen LogP contribution in [0.2, 0.25) is 0 Å². The van der Waals surface area contributed by atoms with Crippen LogP contribution in [0.15, 0.2) is 36.4 Å². The van der Waals surface area contributed by atoms with E-state index in [0.717, 1.165) is 12.1 Å². The third-order valence-corrected chi connectivity index (χ3v) is 2.70. The average Bonchev–Trinajstić information content (AvgIpc) is 2.37. The summed E-state index contributed by atoms with van der Waals surface area (Å²) in [6.07, 6.45) is 0.413. The quantitative estimate of drug-likeness (QED) is 0.925. The van der Waals surface area contributed by atoms with Crippen molar-refractivity contribution >= 4 is 0 Å². The van der Waals surface area contributed by atoms with Crippen LogP contribution in [0.5, 0.6) is 11.5 Å². The molecule has 0 fully saturated rings. The Hall–Kier alpha value is -2.01. The van der Waals surface area contributed by atoms with Gasteiger partial charge >= 0.3 is 0 Å². The molecule has 0 saturated carbocycles. The van der Waals surface area contributed by atoms with Gasteiger partial charge in [0.2, 0.25) is 0 Å². The lowest BCUT2D eigenvalue weighted by atomic mass is 10.1. The standard InChI is InChI=1S/C15H14F3NO/c1-9(19)7-10-3-2-4-13(17)15(10)20-11-5-6-12(16)14(18)8-11/h2-6,8-9H,7,19H2,1H3. The Morgan fingerprint density at radius 2 is 1.80 bits per heavy atom. The Kier molecular flexibility index (Phi) is 4.29. The Morgan fingerprint density at radius 3 is 2.45 bits per heavy atom. The van der Waals surface area contributed by atoms with Gasteiger partial charge in [-0.1, -0.05) is 12.1 Å². The highest BCUT2D eigenvalue weighted by atomic mass is 19.2. The van der Waals surface area contributed by atoms with Gasteiger partial charge in [0, 0.05) is 12.1 Å². The van der Waals surface area contributed by atoms with Gasteiger partial charge in [0.05, 0.1) is 0 Å². The summed E-state index contributed by atoms with van der Waals surface area (Å²) in [6, 6.07) is 7.32. The van der Waals surface area contributed by atoms with Crippen LogP contribution in [0.3, 0.4) is 0 Å². The van der Waals surface area contributed by atoms with Gasteiger partial charge < -0.3 is 10.5 Å². The van der Waals surface area contributed by atoms with Crippen LogP contribution in [-0.4, -0.2) is 6.04 Å². The van der Waals surface area contributed by atoms with Crippen molar-refractivity contribution in [3.05, 3.63) is 59.4 Å². The SMILES string of the molecule is CC(N)Cc1cccc(F)c1Oc1ccc(F)c(F)c1. The van der Waals surface area contributed by atoms with Crippen molar-refractivity contribution in [3.8, 4) is 11.5 Å². The Bertz CT molecular complexity index is 614. The lowest BCUT2D eigenvalue weighted by Gasteiger charge is -2.13. The lowest BCUT2D eigenvalue weighted by molar-refractivity contribution is 0.426. The summed E-state index contributed by atoms with van der Waals surface area (Å²) < 4.78 is 45.1. The summed E-state index contributed by atoms with van der Waals surface area (Å²) in [4.78, 5) is 0. The number of ether oxygens (including phenoxy) is 1. The first-order valence-electron chi connectivity index (χ1n) is 6.13. The summed E-state index contributed by atoms with van der Waals surface area (Å²) >= 11 is 0. The van der Waals surface area contributed by atoms with Crippen molar-refractivity contribution < 1.29 is 17.9 Å². The molecule has 20 heavy (non-hydrogen) atoms. The van der Waals surface area contributed by atoms with Crippen LogP contribution in [-0.2, 0) is 6.42 Å². The minimum Gasteiger partial charge on any atom is -0.454 e. The third kappa shape index (κ3) is 3.30. The van der Waals surface area contributed by atoms with E-state index in [9.17, 15) is 13.2 Å². The molecule has 0 aromatic heterocycles. The first kappa shape index (κ1) is 14.4. The average molecular weight is 281 g/mol. The van der Waals surface area contributed by atoms with E-state index in [4.69, 9.17) is 10.5 Å². The second-order valence-electron chi connectivity index (χ2n) is 4.59. The zero-order valence-electron chi connectivity index (χ0n) is 10.9. The van der Waals surface area contributed by atoms with E-state index < -0.39 is 17.5 Å². The van der Waals surface area contributed by atoms with Crippen LogP contribution >= 0.6 is 0 Å². The first-order valence-corrected chi connectivity index (χ1v) is 6.13. The number of hydrogen-bond donors (Lipinski definition) is 1. The second kappa shape index (κ2) is 5.96. The number of para-hydroxylation sites is 1. The Balaban J connectivity index is 2.34. The number of benzene rings is 2. The number of hydrogen-bond acceptors (Lipinski definition) is 2. The molecule has 2 N–H and O–H groups in total. The topological polar surface area (TPSA) is 35.2 Å². The first-order chi connectivity index (χ1) is 9.47. The van der Waals surface area contributed by atoms with Crippen molar-refractivity contribution in [2.24, 2.45) is 5.73 Å². The Labute approximate surface area is 115 Å². The van der Waals surface area contributed by atoms with Crippen molar-refractivity contribution in [3.63, 3.8) is 0 Å². The molecule has 1 unspecified atom stereocenters. The molecule has 0 bridgehead atoms. The van der Waals surface area contributed by atoms with Gasteiger partial charge in [-0.05, 0) is 37.1 Å². The molecule has 2 aromatic carbocycles. The summed E-state index contributed by atoms with van der Waals surface area (Å²) in [7, 11) is 0. The van der Waals surface area contributed by atoms with Crippen LogP contribution < -0.4 is 10.5 Å². The molecule has 2 aromatic rings. The van der Waals surface area contributed by atoms with E-state index >= 15 is 0 Å². The zero-order valence-corrected chi connectivity index (χ0v) is 10.9. The molecule has 0 aliphatic heterocycles. The van der Waals surface area contributed by atoms with Crippen molar-refractivity contribution in [1.82, 2.24) is 0 Å². The van der Waals surface area contributed by atoms with E-state index in [1.807, 2.05) is 0 Å². The molecular weight excluding hydrogens is 267 g/mol. The highest BCUT2D eigenvalue weighted by Gasteiger charge is 2.13. The second-order valence-corrected chi connectivity index (χ2v) is 4.59. The van der Waals surface area contributed by atoms with Crippen molar-refractivity contribution in [2.75, 3.05) is 0 Å². The zero-order chi connectivity index (χ0) is 14.7. The van der Waals surface area contributed by atoms with Gasteiger partial charge in [0.25, 0.3) is 0 Å². The molecule has 0 saturated heterocycles. The summed E-state index contributed by atoms with van der Waals surface area (Å²) in [5, 5.41) is 0. The fourth-order valence-electron chi connectivity index (χ4n) is 1.83. The summed E-state index contributed by atoms with van der Waals surface area (Å²) in [6.45, 7) is 1.78. The summed E-state index contributed by atoms with van der Waals surface area (Å²) in [5.41, 5.74) is 6.27. The van der Waals surface area contributed by atoms with Crippen LogP contribution in [0.4, 0.5) is 13.2 Å². The predicted molar refractivity (Wildman–Crippen MR) is 70.2 cm³/mol. The van der Waals surface area contributed by atoms with Crippen LogP contribution in [0.25, 0.3) is 0 Å². The van der Waals surface area contributed by atoms with E-state index in [-0.39, 0.29) is 17.5 Å². The smallest absolute Gasteiger partial charge is 0.166 e. The molecule has 5 heteroatoms. The van der Waals surface area contributed by atoms with Crippen LogP contribution in [0.1, 0.15) is 12.5 Å². The van der Waals surface area contributed by atoms with E-state index in [1.165, 1.54) is 12.1 Å².